The summed E-state index contributed by atoms with van der Waals surface area (Å²) >= 11 is 2.47. The number of allylic oxidation sites excluding steroid dienone is 2. The number of unbranched alkanes of at least 4 members (excludes halogenated alkanes) is 3. The highest BCUT2D eigenvalue weighted by molar-refractivity contribution is 14.1. The summed E-state index contributed by atoms with van der Waals surface area (Å²) in [7, 11) is 0. The number of rotatable bonds is 6. The first-order chi connectivity index (χ1) is 7.26. The Hall–Kier alpha value is 0.0300. The predicted molar refractivity (Wildman–Crippen MR) is 78.2 cm³/mol. The van der Waals surface area contributed by atoms with Gasteiger partial charge in [-0.15, -0.1) is 0 Å². The van der Waals surface area contributed by atoms with Crippen molar-refractivity contribution >= 4 is 22.6 Å². The van der Waals surface area contributed by atoms with E-state index in [-0.39, 0.29) is 0 Å². The maximum Gasteiger partial charge on any atom is 0.0110 e. The van der Waals surface area contributed by atoms with Crippen molar-refractivity contribution < 1.29 is 0 Å². The van der Waals surface area contributed by atoms with Gasteiger partial charge < -0.3 is 0 Å². The first kappa shape index (κ1) is 15.0. The molecule has 0 nitrogen and oxygen atoms in total. The lowest BCUT2D eigenvalue weighted by Gasteiger charge is -2.01. The van der Waals surface area contributed by atoms with Gasteiger partial charge in [0, 0.05) is 15.6 Å². The van der Waals surface area contributed by atoms with E-state index in [1.807, 2.05) is 0 Å². The van der Waals surface area contributed by atoms with Gasteiger partial charge in [0.1, 0.15) is 0 Å². The SMILES string of the molecule is CCCCC#C/C(CC)=C(\I)CCCC. The third-order valence-electron chi connectivity index (χ3n) is 2.33. The van der Waals surface area contributed by atoms with Crippen molar-refractivity contribution in [3.05, 3.63) is 9.15 Å². The molecule has 0 aliphatic heterocycles. The number of halogens is 1. The van der Waals surface area contributed by atoms with Crippen LogP contribution < -0.4 is 0 Å². The largest absolute Gasteiger partial charge is 0.0982 e. The zero-order valence-electron chi connectivity index (χ0n) is 10.3. The van der Waals surface area contributed by atoms with Gasteiger partial charge >= 0.3 is 0 Å². The van der Waals surface area contributed by atoms with Gasteiger partial charge in [-0.3, -0.25) is 0 Å². The van der Waals surface area contributed by atoms with Gasteiger partial charge in [0.2, 0.25) is 0 Å². The van der Waals surface area contributed by atoms with E-state index in [4.69, 9.17) is 0 Å². The molecule has 0 bridgehead atoms. The summed E-state index contributed by atoms with van der Waals surface area (Å²) in [6, 6.07) is 0. The molecule has 0 radical (unpaired) electrons. The van der Waals surface area contributed by atoms with Crippen LogP contribution in [0.25, 0.3) is 0 Å². The van der Waals surface area contributed by atoms with E-state index in [0.717, 1.165) is 12.8 Å². The van der Waals surface area contributed by atoms with E-state index in [2.05, 4.69) is 55.2 Å². The first-order valence-corrected chi connectivity index (χ1v) is 7.20. The van der Waals surface area contributed by atoms with Gasteiger partial charge in [-0.2, -0.15) is 0 Å². The summed E-state index contributed by atoms with van der Waals surface area (Å²) in [6.07, 6.45) is 8.38. The normalized spacial score (nSPS) is 11.7. The Morgan fingerprint density at radius 3 is 2.27 bits per heavy atom. The van der Waals surface area contributed by atoms with Crippen LogP contribution in [-0.2, 0) is 0 Å². The topological polar surface area (TPSA) is 0 Å². The average molecular weight is 318 g/mol. The van der Waals surface area contributed by atoms with Crippen LogP contribution >= 0.6 is 22.6 Å². The number of hydrogen-bond donors (Lipinski definition) is 0. The highest BCUT2D eigenvalue weighted by Crippen LogP contribution is 2.21. The second-order valence-electron chi connectivity index (χ2n) is 3.75. The van der Waals surface area contributed by atoms with Gasteiger partial charge in [-0.05, 0) is 48.3 Å². The highest BCUT2D eigenvalue weighted by Gasteiger charge is 1.98. The standard InChI is InChI=1S/C14H23I/c1-4-7-9-10-11-13(6-3)14(15)12-8-5-2/h4-9,12H2,1-3H3/b14-13-. The first-order valence-electron chi connectivity index (χ1n) is 6.12. The van der Waals surface area contributed by atoms with Crippen LogP contribution in [0, 0.1) is 11.8 Å². The molecular weight excluding hydrogens is 295 g/mol. The lowest BCUT2D eigenvalue weighted by molar-refractivity contribution is 0.807. The molecule has 15 heavy (non-hydrogen) atoms. The molecule has 0 aliphatic rings. The molecule has 1 heteroatoms. The molecule has 0 saturated heterocycles. The molecule has 0 rings (SSSR count). The van der Waals surface area contributed by atoms with E-state index in [9.17, 15) is 0 Å². The van der Waals surface area contributed by atoms with E-state index in [1.54, 1.807) is 0 Å². The summed E-state index contributed by atoms with van der Waals surface area (Å²) in [5, 5.41) is 0. The molecule has 0 N–H and O–H groups in total. The third kappa shape index (κ3) is 7.90. The number of hydrogen-bond acceptors (Lipinski definition) is 0. The Balaban J connectivity index is 4.22. The van der Waals surface area contributed by atoms with Crippen LogP contribution in [0.1, 0.15) is 65.7 Å². The minimum atomic E-state index is 1.05. The minimum absolute atomic E-state index is 1.05. The maximum atomic E-state index is 3.34. The van der Waals surface area contributed by atoms with Crippen molar-refractivity contribution in [3.63, 3.8) is 0 Å². The molecule has 0 aromatic heterocycles. The summed E-state index contributed by atoms with van der Waals surface area (Å²) in [6.45, 7) is 6.65. The van der Waals surface area contributed by atoms with E-state index >= 15 is 0 Å². The predicted octanol–water partition coefficient (Wildman–Crippen LogP) is 5.47. The Labute approximate surface area is 109 Å². The third-order valence-corrected chi connectivity index (χ3v) is 3.52. The zero-order chi connectivity index (χ0) is 11.5. The molecule has 0 unspecified atom stereocenters. The van der Waals surface area contributed by atoms with Gasteiger partial charge in [-0.1, -0.05) is 45.5 Å². The summed E-state index contributed by atoms with van der Waals surface area (Å²) < 4.78 is 1.47. The fraction of sp³-hybridized carbons (Fsp3) is 0.714. The van der Waals surface area contributed by atoms with Crippen molar-refractivity contribution in [2.45, 2.75) is 65.7 Å². The maximum absolute atomic E-state index is 3.34. The fourth-order valence-corrected chi connectivity index (χ4v) is 2.16. The molecule has 0 fully saturated rings. The van der Waals surface area contributed by atoms with Gasteiger partial charge in [0.05, 0.1) is 0 Å². The van der Waals surface area contributed by atoms with Crippen molar-refractivity contribution in [2.75, 3.05) is 0 Å². The second kappa shape index (κ2) is 10.5. The molecule has 0 heterocycles. The van der Waals surface area contributed by atoms with E-state index in [0.29, 0.717) is 0 Å². The fourth-order valence-electron chi connectivity index (χ4n) is 1.27. The molecule has 0 aromatic rings. The molecule has 0 aliphatic carbocycles. The molecule has 0 amide bonds. The Bertz CT molecular complexity index is 240. The summed E-state index contributed by atoms with van der Waals surface area (Å²) in [5.41, 5.74) is 1.36. The Kier molecular flexibility index (Phi) is 10.6. The minimum Gasteiger partial charge on any atom is -0.0982 e. The Morgan fingerprint density at radius 2 is 1.73 bits per heavy atom. The van der Waals surface area contributed by atoms with E-state index < -0.39 is 0 Å². The lowest BCUT2D eigenvalue weighted by atomic mass is 10.1. The monoisotopic (exact) mass is 318 g/mol. The van der Waals surface area contributed by atoms with Crippen LogP contribution in [0.3, 0.4) is 0 Å². The van der Waals surface area contributed by atoms with Crippen LogP contribution in [-0.4, -0.2) is 0 Å². The smallest absolute Gasteiger partial charge is 0.0110 e. The van der Waals surface area contributed by atoms with Gasteiger partial charge in [0.15, 0.2) is 0 Å². The second-order valence-corrected chi connectivity index (χ2v) is 5.05. The Morgan fingerprint density at radius 1 is 1.07 bits per heavy atom. The van der Waals surface area contributed by atoms with Crippen molar-refractivity contribution in [1.82, 2.24) is 0 Å². The summed E-state index contributed by atoms with van der Waals surface area (Å²) in [5.74, 6) is 6.62. The molecule has 0 atom stereocenters. The lowest BCUT2D eigenvalue weighted by Crippen LogP contribution is -1.83. The van der Waals surface area contributed by atoms with Crippen LogP contribution in [0.4, 0.5) is 0 Å². The molecule has 0 aromatic carbocycles. The summed E-state index contributed by atoms with van der Waals surface area (Å²) in [4.78, 5) is 0. The van der Waals surface area contributed by atoms with E-state index in [1.165, 1.54) is 41.3 Å². The van der Waals surface area contributed by atoms with Crippen molar-refractivity contribution in [2.24, 2.45) is 0 Å². The highest BCUT2D eigenvalue weighted by atomic mass is 127. The molecule has 0 saturated carbocycles. The van der Waals surface area contributed by atoms with Gasteiger partial charge in [-0.25, -0.2) is 0 Å². The zero-order valence-corrected chi connectivity index (χ0v) is 12.5. The van der Waals surface area contributed by atoms with Gasteiger partial charge in [0.25, 0.3) is 0 Å². The average Bonchev–Trinajstić information content (AvgIpc) is 2.26. The molecule has 86 valence electrons. The molecular formula is C14H23I. The quantitative estimate of drug-likeness (QED) is 0.346. The van der Waals surface area contributed by atoms with Crippen LogP contribution in [0.2, 0.25) is 0 Å². The van der Waals surface area contributed by atoms with Crippen molar-refractivity contribution in [1.29, 1.82) is 0 Å². The van der Waals surface area contributed by atoms with Crippen molar-refractivity contribution in [3.8, 4) is 11.8 Å². The van der Waals surface area contributed by atoms with Crippen LogP contribution in [0.5, 0.6) is 0 Å². The van der Waals surface area contributed by atoms with Crippen LogP contribution in [0.15, 0.2) is 9.15 Å². The molecule has 0 spiro atoms.